The van der Waals surface area contributed by atoms with E-state index in [1.807, 2.05) is 0 Å². The Hall–Kier alpha value is -0.760. The Morgan fingerprint density at radius 2 is 2.00 bits per heavy atom. The van der Waals surface area contributed by atoms with Gasteiger partial charge in [0.15, 0.2) is 0 Å². The standard InChI is InChI=1S/C8H12N2/c1-2-4-10(3-1)7-8-5-9-6-8/h1-4,8-9H,5-7H2. The molecule has 2 heteroatoms. The van der Waals surface area contributed by atoms with Gasteiger partial charge in [0.25, 0.3) is 0 Å². The molecule has 0 unspecified atom stereocenters. The minimum Gasteiger partial charge on any atom is -0.354 e. The third-order valence-corrected chi connectivity index (χ3v) is 2.00. The molecule has 0 saturated carbocycles. The monoisotopic (exact) mass is 136 g/mol. The van der Waals surface area contributed by atoms with Gasteiger partial charge in [-0.15, -0.1) is 0 Å². The molecule has 0 aliphatic carbocycles. The van der Waals surface area contributed by atoms with E-state index < -0.39 is 0 Å². The number of nitrogens with one attached hydrogen (secondary N) is 1. The van der Waals surface area contributed by atoms with E-state index >= 15 is 0 Å². The summed E-state index contributed by atoms with van der Waals surface area (Å²) in [5.74, 6) is 0.868. The van der Waals surface area contributed by atoms with E-state index in [1.54, 1.807) is 0 Å². The summed E-state index contributed by atoms with van der Waals surface area (Å²) in [6, 6.07) is 4.15. The van der Waals surface area contributed by atoms with E-state index in [2.05, 4.69) is 34.4 Å². The van der Waals surface area contributed by atoms with Crippen molar-refractivity contribution in [3.05, 3.63) is 24.5 Å². The van der Waals surface area contributed by atoms with Gasteiger partial charge >= 0.3 is 0 Å². The van der Waals surface area contributed by atoms with Crippen molar-refractivity contribution in [1.29, 1.82) is 0 Å². The highest BCUT2D eigenvalue weighted by molar-refractivity contribution is 4.91. The lowest BCUT2D eigenvalue weighted by molar-refractivity contribution is 0.307. The minimum atomic E-state index is 0.868. The van der Waals surface area contributed by atoms with Crippen molar-refractivity contribution in [1.82, 2.24) is 9.88 Å². The number of aromatic nitrogens is 1. The Kier molecular flexibility index (Phi) is 1.47. The zero-order valence-corrected chi connectivity index (χ0v) is 5.96. The van der Waals surface area contributed by atoms with Crippen molar-refractivity contribution >= 4 is 0 Å². The highest BCUT2D eigenvalue weighted by Crippen LogP contribution is 2.06. The molecule has 1 fully saturated rings. The Labute approximate surface area is 60.9 Å². The Morgan fingerprint density at radius 1 is 1.30 bits per heavy atom. The molecule has 1 aromatic rings. The van der Waals surface area contributed by atoms with Crippen molar-refractivity contribution in [2.75, 3.05) is 13.1 Å². The number of hydrogen-bond acceptors (Lipinski definition) is 1. The first-order valence-electron chi connectivity index (χ1n) is 3.76. The summed E-state index contributed by atoms with van der Waals surface area (Å²) in [6.45, 7) is 3.57. The zero-order chi connectivity index (χ0) is 6.81. The lowest BCUT2D eigenvalue weighted by Crippen LogP contribution is -2.43. The summed E-state index contributed by atoms with van der Waals surface area (Å²) in [5.41, 5.74) is 0. The molecular formula is C8H12N2. The first-order chi connectivity index (χ1) is 4.95. The number of hydrogen-bond donors (Lipinski definition) is 1. The van der Waals surface area contributed by atoms with Crippen LogP contribution in [0.3, 0.4) is 0 Å². The normalized spacial score (nSPS) is 18.8. The molecule has 0 aromatic carbocycles. The molecule has 1 aliphatic rings. The number of rotatable bonds is 2. The van der Waals surface area contributed by atoms with Crippen LogP contribution in [0, 0.1) is 5.92 Å². The molecule has 2 rings (SSSR count). The van der Waals surface area contributed by atoms with Gasteiger partial charge in [-0.3, -0.25) is 0 Å². The number of nitrogens with zero attached hydrogens (tertiary/aromatic N) is 1. The summed E-state index contributed by atoms with van der Waals surface area (Å²) in [4.78, 5) is 0. The van der Waals surface area contributed by atoms with Gasteiger partial charge in [-0.2, -0.15) is 0 Å². The smallest absolute Gasteiger partial charge is 0.0272 e. The third kappa shape index (κ3) is 1.07. The van der Waals surface area contributed by atoms with Crippen LogP contribution in [0.1, 0.15) is 0 Å². The minimum absolute atomic E-state index is 0.868. The van der Waals surface area contributed by atoms with Crippen LogP contribution in [0.2, 0.25) is 0 Å². The van der Waals surface area contributed by atoms with Crippen molar-refractivity contribution in [3.8, 4) is 0 Å². The molecule has 0 atom stereocenters. The summed E-state index contributed by atoms with van der Waals surface area (Å²) in [7, 11) is 0. The van der Waals surface area contributed by atoms with Crippen molar-refractivity contribution < 1.29 is 0 Å². The molecule has 1 saturated heterocycles. The Morgan fingerprint density at radius 3 is 2.50 bits per heavy atom. The van der Waals surface area contributed by atoms with E-state index in [0.717, 1.165) is 5.92 Å². The predicted molar refractivity (Wildman–Crippen MR) is 40.8 cm³/mol. The maximum absolute atomic E-state index is 3.26. The molecule has 0 radical (unpaired) electrons. The highest BCUT2D eigenvalue weighted by atomic mass is 15.0. The first kappa shape index (κ1) is 5.98. The second-order valence-corrected chi connectivity index (χ2v) is 2.90. The van der Waals surface area contributed by atoms with Gasteiger partial charge in [0, 0.05) is 37.9 Å². The van der Waals surface area contributed by atoms with E-state index in [9.17, 15) is 0 Å². The molecule has 2 nitrogen and oxygen atoms in total. The van der Waals surface area contributed by atoms with Crippen LogP contribution in [0.5, 0.6) is 0 Å². The summed E-state index contributed by atoms with van der Waals surface area (Å²) >= 11 is 0. The average Bonchev–Trinajstić information content (AvgIpc) is 2.29. The van der Waals surface area contributed by atoms with Crippen LogP contribution in [0.4, 0.5) is 0 Å². The molecule has 1 N–H and O–H groups in total. The van der Waals surface area contributed by atoms with Gasteiger partial charge in [0.1, 0.15) is 0 Å². The fourth-order valence-electron chi connectivity index (χ4n) is 1.27. The van der Waals surface area contributed by atoms with Gasteiger partial charge in [-0.25, -0.2) is 0 Å². The quantitative estimate of drug-likeness (QED) is 0.633. The largest absolute Gasteiger partial charge is 0.354 e. The molecule has 10 heavy (non-hydrogen) atoms. The molecule has 0 spiro atoms. The predicted octanol–water partition coefficient (Wildman–Crippen LogP) is 0.708. The Bertz CT molecular complexity index is 187. The van der Waals surface area contributed by atoms with E-state index in [4.69, 9.17) is 0 Å². The molecule has 54 valence electrons. The summed E-state index contributed by atoms with van der Waals surface area (Å²) in [6.07, 6.45) is 4.25. The molecule has 0 amide bonds. The van der Waals surface area contributed by atoms with Gasteiger partial charge in [-0.1, -0.05) is 0 Å². The lowest BCUT2D eigenvalue weighted by Gasteiger charge is -2.27. The van der Waals surface area contributed by atoms with E-state index in [1.165, 1.54) is 19.6 Å². The van der Waals surface area contributed by atoms with E-state index in [0.29, 0.717) is 0 Å². The first-order valence-corrected chi connectivity index (χ1v) is 3.76. The molecule has 1 aromatic heterocycles. The summed E-state index contributed by atoms with van der Waals surface area (Å²) in [5, 5.41) is 3.26. The van der Waals surface area contributed by atoms with Gasteiger partial charge < -0.3 is 9.88 Å². The third-order valence-electron chi connectivity index (χ3n) is 2.00. The van der Waals surface area contributed by atoms with Crippen molar-refractivity contribution in [2.24, 2.45) is 5.92 Å². The van der Waals surface area contributed by atoms with Crippen LogP contribution in [-0.2, 0) is 6.54 Å². The Balaban J connectivity index is 1.90. The fourth-order valence-corrected chi connectivity index (χ4v) is 1.27. The SMILES string of the molecule is c1ccn(CC2CNC2)c1. The van der Waals surface area contributed by atoms with Gasteiger partial charge in [0.05, 0.1) is 0 Å². The van der Waals surface area contributed by atoms with Crippen molar-refractivity contribution in [3.63, 3.8) is 0 Å². The van der Waals surface area contributed by atoms with Crippen LogP contribution >= 0.6 is 0 Å². The molecule has 2 heterocycles. The maximum Gasteiger partial charge on any atom is 0.0272 e. The topological polar surface area (TPSA) is 17.0 Å². The van der Waals surface area contributed by atoms with Crippen molar-refractivity contribution in [2.45, 2.75) is 6.54 Å². The maximum atomic E-state index is 3.26. The second-order valence-electron chi connectivity index (χ2n) is 2.90. The molecular weight excluding hydrogens is 124 g/mol. The fraction of sp³-hybridized carbons (Fsp3) is 0.500. The molecule has 1 aliphatic heterocycles. The van der Waals surface area contributed by atoms with Crippen LogP contribution < -0.4 is 5.32 Å². The summed E-state index contributed by atoms with van der Waals surface area (Å²) < 4.78 is 2.24. The van der Waals surface area contributed by atoms with Gasteiger partial charge in [-0.05, 0) is 12.1 Å². The van der Waals surface area contributed by atoms with E-state index in [-0.39, 0.29) is 0 Å². The average molecular weight is 136 g/mol. The second kappa shape index (κ2) is 2.46. The van der Waals surface area contributed by atoms with Crippen LogP contribution in [-0.4, -0.2) is 17.7 Å². The lowest BCUT2D eigenvalue weighted by atomic mass is 10.0. The highest BCUT2D eigenvalue weighted by Gasteiger charge is 2.15. The van der Waals surface area contributed by atoms with Gasteiger partial charge in [0.2, 0.25) is 0 Å². The van der Waals surface area contributed by atoms with Crippen LogP contribution in [0.25, 0.3) is 0 Å². The van der Waals surface area contributed by atoms with Crippen LogP contribution in [0.15, 0.2) is 24.5 Å². The zero-order valence-electron chi connectivity index (χ0n) is 5.96. The molecule has 0 bridgehead atoms.